The van der Waals surface area contributed by atoms with Crippen molar-refractivity contribution in [2.45, 2.75) is 59.8 Å². The fourth-order valence-electron chi connectivity index (χ4n) is 2.76. The molecule has 1 aliphatic carbocycles. The van der Waals surface area contributed by atoms with E-state index in [9.17, 15) is 9.59 Å². The third kappa shape index (κ3) is 4.75. The summed E-state index contributed by atoms with van der Waals surface area (Å²) in [5.41, 5.74) is 0.979. The van der Waals surface area contributed by atoms with E-state index in [0.717, 1.165) is 24.8 Å². The molecule has 0 amide bonds. The predicted molar refractivity (Wildman–Crippen MR) is 74.3 cm³/mol. The highest BCUT2D eigenvalue weighted by atomic mass is 16.1. The molecule has 2 heteroatoms. The molecule has 0 N–H and O–H groups in total. The number of allylic oxidation sites excluding steroid dienone is 2. The van der Waals surface area contributed by atoms with Crippen LogP contribution >= 0.6 is 0 Å². The Morgan fingerprint density at radius 3 is 2.39 bits per heavy atom. The number of ketones is 2. The molecule has 1 rings (SSSR count). The second-order valence-electron chi connectivity index (χ2n) is 6.14. The summed E-state index contributed by atoms with van der Waals surface area (Å²) in [5.74, 6) is 2.07. The number of carbonyl (C=O) groups excluding carboxylic acids is 2. The topological polar surface area (TPSA) is 34.1 Å². The van der Waals surface area contributed by atoms with E-state index in [1.807, 2.05) is 0 Å². The minimum Gasteiger partial charge on any atom is -0.300 e. The van der Waals surface area contributed by atoms with Crippen molar-refractivity contribution in [3.63, 3.8) is 0 Å². The lowest BCUT2D eigenvalue weighted by Gasteiger charge is -2.26. The fraction of sp³-hybridized carbons (Fsp3) is 0.750. The molecule has 0 bridgehead atoms. The number of hydrogen-bond donors (Lipinski definition) is 0. The van der Waals surface area contributed by atoms with E-state index in [4.69, 9.17) is 0 Å². The molecule has 102 valence electrons. The van der Waals surface area contributed by atoms with Gasteiger partial charge in [0.1, 0.15) is 5.78 Å². The summed E-state index contributed by atoms with van der Waals surface area (Å²) >= 11 is 0. The van der Waals surface area contributed by atoms with E-state index >= 15 is 0 Å². The van der Waals surface area contributed by atoms with Crippen molar-refractivity contribution < 1.29 is 9.59 Å². The molecule has 0 aromatic carbocycles. The zero-order valence-corrected chi connectivity index (χ0v) is 12.2. The minimum absolute atomic E-state index is 0.206. The Kier molecular flexibility index (Phi) is 5.77. The van der Waals surface area contributed by atoms with Gasteiger partial charge in [0.2, 0.25) is 0 Å². The van der Waals surface area contributed by atoms with E-state index in [-0.39, 0.29) is 5.78 Å². The van der Waals surface area contributed by atoms with E-state index in [1.165, 1.54) is 0 Å². The van der Waals surface area contributed by atoms with Gasteiger partial charge in [-0.25, -0.2) is 0 Å². The van der Waals surface area contributed by atoms with Gasteiger partial charge in [-0.05, 0) is 49.5 Å². The first kappa shape index (κ1) is 15.1. The maximum absolute atomic E-state index is 11.8. The first-order chi connectivity index (χ1) is 8.40. The molecule has 0 saturated heterocycles. The summed E-state index contributed by atoms with van der Waals surface area (Å²) < 4.78 is 0. The minimum atomic E-state index is 0.206. The van der Waals surface area contributed by atoms with Crippen molar-refractivity contribution in [2.75, 3.05) is 0 Å². The second-order valence-corrected chi connectivity index (χ2v) is 6.14. The van der Waals surface area contributed by atoms with Gasteiger partial charge in [0.05, 0.1) is 0 Å². The Balaban J connectivity index is 2.43. The summed E-state index contributed by atoms with van der Waals surface area (Å²) in [7, 11) is 0. The maximum Gasteiger partial charge on any atom is 0.155 e. The molecule has 18 heavy (non-hydrogen) atoms. The molecular formula is C16H26O2. The summed E-state index contributed by atoms with van der Waals surface area (Å²) in [6.07, 6.45) is 6.40. The quantitative estimate of drug-likeness (QED) is 0.715. The maximum atomic E-state index is 11.8. The van der Waals surface area contributed by atoms with Crippen LogP contribution in [0.15, 0.2) is 11.6 Å². The molecule has 2 nitrogen and oxygen atoms in total. The van der Waals surface area contributed by atoms with Crippen LogP contribution in [0.3, 0.4) is 0 Å². The van der Waals surface area contributed by atoms with Crippen LogP contribution in [-0.4, -0.2) is 11.6 Å². The molecule has 0 fully saturated rings. The highest BCUT2D eigenvalue weighted by Crippen LogP contribution is 2.31. The van der Waals surface area contributed by atoms with Crippen molar-refractivity contribution >= 4 is 11.6 Å². The first-order valence-electron chi connectivity index (χ1n) is 7.11. The molecule has 0 radical (unpaired) electrons. The smallest absolute Gasteiger partial charge is 0.155 e. The summed E-state index contributed by atoms with van der Waals surface area (Å²) in [6, 6.07) is 0. The van der Waals surface area contributed by atoms with Crippen LogP contribution in [-0.2, 0) is 9.59 Å². The van der Waals surface area contributed by atoms with Crippen molar-refractivity contribution in [1.82, 2.24) is 0 Å². The van der Waals surface area contributed by atoms with E-state index in [2.05, 4.69) is 26.8 Å². The fourth-order valence-corrected chi connectivity index (χ4v) is 2.76. The molecule has 2 unspecified atom stereocenters. The van der Waals surface area contributed by atoms with Crippen molar-refractivity contribution in [2.24, 2.45) is 17.8 Å². The number of hydrogen-bond acceptors (Lipinski definition) is 2. The second kappa shape index (κ2) is 6.86. The zero-order valence-electron chi connectivity index (χ0n) is 12.2. The molecule has 0 spiro atoms. The Bertz CT molecular complexity index is 339. The Hall–Kier alpha value is -0.920. The standard InChI is InChI=1S/C16H26O2/c1-11(2)9-16(18)10-12(3)14-5-7-15(8-6-14)13(4)17/h7,11-12,14H,5-6,8-10H2,1-4H3. The van der Waals surface area contributed by atoms with Gasteiger partial charge in [-0.2, -0.15) is 0 Å². The lowest BCUT2D eigenvalue weighted by molar-refractivity contribution is -0.121. The molecule has 0 aromatic heterocycles. The van der Waals surface area contributed by atoms with E-state index in [0.29, 0.717) is 36.4 Å². The van der Waals surface area contributed by atoms with Gasteiger partial charge in [-0.1, -0.05) is 26.8 Å². The monoisotopic (exact) mass is 250 g/mol. The van der Waals surface area contributed by atoms with Crippen molar-refractivity contribution in [3.05, 3.63) is 11.6 Å². The average Bonchev–Trinajstić information content (AvgIpc) is 2.27. The third-order valence-electron chi connectivity index (χ3n) is 3.89. The zero-order chi connectivity index (χ0) is 13.7. The molecule has 2 atom stereocenters. The molecule has 0 aliphatic heterocycles. The van der Waals surface area contributed by atoms with E-state index in [1.54, 1.807) is 6.92 Å². The Morgan fingerprint density at radius 2 is 1.94 bits per heavy atom. The number of rotatable bonds is 6. The largest absolute Gasteiger partial charge is 0.300 e. The summed E-state index contributed by atoms with van der Waals surface area (Å²) in [6.45, 7) is 7.99. The Morgan fingerprint density at radius 1 is 1.28 bits per heavy atom. The molecule has 0 saturated carbocycles. The van der Waals surface area contributed by atoms with Gasteiger partial charge in [-0.15, -0.1) is 0 Å². The van der Waals surface area contributed by atoms with Crippen molar-refractivity contribution in [3.8, 4) is 0 Å². The number of Topliss-reactive ketones (excluding diaryl/α,β-unsaturated/α-hetero) is 2. The van der Waals surface area contributed by atoms with Gasteiger partial charge in [-0.3, -0.25) is 9.59 Å². The van der Waals surface area contributed by atoms with Crippen LogP contribution in [0.4, 0.5) is 0 Å². The normalized spacial score (nSPS) is 21.6. The summed E-state index contributed by atoms with van der Waals surface area (Å²) in [5, 5.41) is 0. The van der Waals surface area contributed by atoms with Gasteiger partial charge >= 0.3 is 0 Å². The molecular weight excluding hydrogens is 224 g/mol. The van der Waals surface area contributed by atoms with Crippen LogP contribution in [0.5, 0.6) is 0 Å². The van der Waals surface area contributed by atoms with E-state index < -0.39 is 0 Å². The van der Waals surface area contributed by atoms with Crippen LogP contribution in [0, 0.1) is 17.8 Å². The first-order valence-corrected chi connectivity index (χ1v) is 7.11. The highest BCUT2D eigenvalue weighted by Gasteiger charge is 2.23. The third-order valence-corrected chi connectivity index (χ3v) is 3.89. The lowest BCUT2D eigenvalue weighted by atomic mass is 9.78. The van der Waals surface area contributed by atoms with Gasteiger partial charge in [0, 0.05) is 12.8 Å². The SMILES string of the molecule is CC(=O)C1=CCC(C(C)CC(=O)CC(C)C)CC1. The summed E-state index contributed by atoms with van der Waals surface area (Å²) in [4.78, 5) is 23.1. The van der Waals surface area contributed by atoms with Crippen molar-refractivity contribution in [1.29, 1.82) is 0 Å². The number of carbonyl (C=O) groups is 2. The highest BCUT2D eigenvalue weighted by molar-refractivity contribution is 5.93. The van der Waals surface area contributed by atoms with Gasteiger partial charge in [0.15, 0.2) is 5.78 Å². The predicted octanol–water partition coefficient (Wildman–Crippen LogP) is 3.94. The van der Waals surface area contributed by atoms with Crippen LogP contribution in [0.1, 0.15) is 59.8 Å². The molecule has 1 aliphatic rings. The molecule has 0 heterocycles. The molecule has 0 aromatic rings. The van der Waals surface area contributed by atoms with Crippen LogP contribution in [0.25, 0.3) is 0 Å². The van der Waals surface area contributed by atoms with Crippen LogP contribution < -0.4 is 0 Å². The van der Waals surface area contributed by atoms with Gasteiger partial charge in [0.25, 0.3) is 0 Å². The van der Waals surface area contributed by atoms with Gasteiger partial charge < -0.3 is 0 Å². The Labute approximate surface area is 111 Å². The lowest BCUT2D eigenvalue weighted by Crippen LogP contribution is -2.19. The van der Waals surface area contributed by atoms with Crippen LogP contribution in [0.2, 0.25) is 0 Å². The average molecular weight is 250 g/mol.